The second-order valence-corrected chi connectivity index (χ2v) is 4.24. The molecule has 0 bridgehead atoms. The van der Waals surface area contributed by atoms with Crippen molar-refractivity contribution in [1.29, 1.82) is 0 Å². The van der Waals surface area contributed by atoms with Crippen molar-refractivity contribution in [2.45, 2.75) is 24.8 Å². The summed E-state index contributed by atoms with van der Waals surface area (Å²) in [7, 11) is 0. The van der Waals surface area contributed by atoms with Crippen molar-refractivity contribution in [3.05, 3.63) is 18.5 Å². The summed E-state index contributed by atoms with van der Waals surface area (Å²) in [5, 5.41) is 0. The van der Waals surface area contributed by atoms with Crippen LogP contribution < -0.4 is 9.62 Å². The quantitative estimate of drug-likeness (QED) is 0.692. The standard InChI is InChI=1S/C9H13N3S/c1-7(2)12-6-11-13-9-5-10-4-3-8(9)12/h3-5,7,11H,6H2,1-2H3. The molecule has 2 heterocycles. The summed E-state index contributed by atoms with van der Waals surface area (Å²) in [4.78, 5) is 7.64. The van der Waals surface area contributed by atoms with Crippen LogP contribution in [0, 0.1) is 0 Å². The Morgan fingerprint density at radius 2 is 2.46 bits per heavy atom. The van der Waals surface area contributed by atoms with Crippen LogP contribution in [-0.2, 0) is 0 Å². The molecule has 0 unspecified atom stereocenters. The van der Waals surface area contributed by atoms with Gasteiger partial charge in [-0.2, -0.15) is 0 Å². The van der Waals surface area contributed by atoms with Gasteiger partial charge in [-0.05, 0) is 31.9 Å². The third-order valence-corrected chi connectivity index (χ3v) is 2.92. The largest absolute Gasteiger partial charge is 0.354 e. The lowest BCUT2D eigenvalue weighted by Crippen LogP contribution is -2.39. The first-order chi connectivity index (χ1) is 6.29. The molecule has 1 aromatic rings. The summed E-state index contributed by atoms with van der Waals surface area (Å²) < 4.78 is 3.27. The summed E-state index contributed by atoms with van der Waals surface area (Å²) in [5.74, 6) is 0. The monoisotopic (exact) mass is 195 g/mol. The highest BCUT2D eigenvalue weighted by molar-refractivity contribution is 7.97. The van der Waals surface area contributed by atoms with E-state index >= 15 is 0 Å². The van der Waals surface area contributed by atoms with Crippen molar-refractivity contribution >= 4 is 17.6 Å². The van der Waals surface area contributed by atoms with Gasteiger partial charge in [-0.3, -0.25) is 4.98 Å². The van der Waals surface area contributed by atoms with Crippen molar-refractivity contribution in [2.75, 3.05) is 11.6 Å². The first kappa shape index (κ1) is 8.84. The maximum absolute atomic E-state index is 4.10. The minimum absolute atomic E-state index is 0.523. The molecule has 0 aromatic carbocycles. The van der Waals surface area contributed by atoms with Crippen LogP contribution in [0.5, 0.6) is 0 Å². The number of rotatable bonds is 1. The van der Waals surface area contributed by atoms with Gasteiger partial charge in [-0.25, -0.2) is 4.72 Å². The lowest BCUT2D eigenvalue weighted by atomic mass is 10.3. The molecule has 1 aromatic heterocycles. The molecule has 0 saturated heterocycles. The molecule has 2 rings (SSSR count). The van der Waals surface area contributed by atoms with E-state index in [1.807, 2.05) is 12.4 Å². The van der Waals surface area contributed by atoms with Gasteiger partial charge in [0.05, 0.1) is 17.3 Å². The molecule has 4 heteroatoms. The van der Waals surface area contributed by atoms with Crippen LogP contribution in [0.2, 0.25) is 0 Å². The fourth-order valence-electron chi connectivity index (χ4n) is 1.41. The zero-order valence-corrected chi connectivity index (χ0v) is 8.64. The van der Waals surface area contributed by atoms with Crippen molar-refractivity contribution in [3.63, 3.8) is 0 Å². The summed E-state index contributed by atoms with van der Waals surface area (Å²) in [6.07, 6.45) is 3.75. The Bertz CT molecular complexity index is 301. The third-order valence-electron chi connectivity index (χ3n) is 2.11. The van der Waals surface area contributed by atoms with E-state index in [-0.39, 0.29) is 0 Å². The molecule has 0 fully saturated rings. The van der Waals surface area contributed by atoms with E-state index in [0.29, 0.717) is 6.04 Å². The summed E-state index contributed by atoms with van der Waals surface area (Å²) in [5.41, 5.74) is 1.29. The van der Waals surface area contributed by atoms with E-state index in [9.17, 15) is 0 Å². The Kier molecular flexibility index (Phi) is 2.42. The fraction of sp³-hybridized carbons (Fsp3) is 0.444. The molecule has 0 aliphatic carbocycles. The second-order valence-electron chi connectivity index (χ2n) is 3.31. The highest BCUT2D eigenvalue weighted by atomic mass is 32.2. The molecule has 1 N–H and O–H groups in total. The van der Waals surface area contributed by atoms with Crippen molar-refractivity contribution in [1.82, 2.24) is 9.71 Å². The predicted molar refractivity (Wildman–Crippen MR) is 55.7 cm³/mol. The van der Waals surface area contributed by atoms with Gasteiger partial charge in [0.1, 0.15) is 0 Å². The molecule has 0 radical (unpaired) electrons. The smallest absolute Gasteiger partial charge is 0.0781 e. The Morgan fingerprint density at radius 3 is 3.23 bits per heavy atom. The topological polar surface area (TPSA) is 28.2 Å². The molecule has 1 aliphatic heterocycles. The Labute approximate surface area is 82.7 Å². The number of nitrogens with zero attached hydrogens (tertiary/aromatic N) is 2. The molecule has 13 heavy (non-hydrogen) atoms. The molecule has 0 saturated carbocycles. The number of hydrogen-bond donors (Lipinski definition) is 1. The third kappa shape index (κ3) is 1.64. The van der Waals surface area contributed by atoms with Crippen molar-refractivity contribution in [2.24, 2.45) is 0 Å². The molecule has 0 spiro atoms. The van der Waals surface area contributed by atoms with E-state index in [1.165, 1.54) is 10.6 Å². The molecule has 0 amide bonds. The van der Waals surface area contributed by atoms with Gasteiger partial charge in [0, 0.05) is 18.4 Å². The number of anilines is 1. The van der Waals surface area contributed by atoms with Crippen molar-refractivity contribution in [3.8, 4) is 0 Å². The SMILES string of the molecule is CC(C)N1CNSc2cnccc21. The Morgan fingerprint density at radius 1 is 1.62 bits per heavy atom. The van der Waals surface area contributed by atoms with E-state index in [4.69, 9.17) is 0 Å². The van der Waals surface area contributed by atoms with Gasteiger partial charge in [0.15, 0.2) is 0 Å². The fourth-order valence-corrected chi connectivity index (χ4v) is 2.18. The van der Waals surface area contributed by atoms with E-state index < -0.39 is 0 Å². The Balaban J connectivity index is 2.37. The molecular weight excluding hydrogens is 182 g/mol. The highest BCUT2D eigenvalue weighted by Gasteiger charge is 2.18. The zero-order valence-electron chi connectivity index (χ0n) is 7.82. The van der Waals surface area contributed by atoms with Crippen LogP contribution in [0.25, 0.3) is 0 Å². The van der Waals surface area contributed by atoms with Gasteiger partial charge in [0.25, 0.3) is 0 Å². The summed E-state index contributed by atoms with van der Waals surface area (Å²) in [6, 6.07) is 2.60. The number of nitrogens with one attached hydrogen (secondary N) is 1. The average molecular weight is 195 g/mol. The lowest BCUT2D eigenvalue weighted by molar-refractivity contribution is 0.661. The van der Waals surface area contributed by atoms with Crippen LogP contribution >= 0.6 is 11.9 Å². The van der Waals surface area contributed by atoms with Gasteiger partial charge in [-0.15, -0.1) is 0 Å². The van der Waals surface area contributed by atoms with E-state index in [2.05, 4.69) is 34.5 Å². The van der Waals surface area contributed by atoms with Crippen LogP contribution in [0.3, 0.4) is 0 Å². The maximum Gasteiger partial charge on any atom is 0.0781 e. The minimum atomic E-state index is 0.523. The first-order valence-corrected chi connectivity index (χ1v) is 5.21. The van der Waals surface area contributed by atoms with Gasteiger partial charge in [-0.1, -0.05) is 0 Å². The molecule has 3 nitrogen and oxygen atoms in total. The Hall–Kier alpha value is -0.740. The zero-order chi connectivity index (χ0) is 9.26. The number of aromatic nitrogens is 1. The van der Waals surface area contributed by atoms with Crippen LogP contribution in [0.15, 0.2) is 23.4 Å². The predicted octanol–water partition coefficient (Wildman–Crippen LogP) is 1.86. The number of hydrogen-bond acceptors (Lipinski definition) is 4. The maximum atomic E-state index is 4.10. The van der Waals surface area contributed by atoms with Crippen LogP contribution in [0.1, 0.15) is 13.8 Å². The molecule has 70 valence electrons. The molecule has 0 atom stereocenters. The van der Waals surface area contributed by atoms with Gasteiger partial charge in [0.2, 0.25) is 0 Å². The summed E-state index contributed by atoms with van der Waals surface area (Å²) >= 11 is 1.66. The number of pyridine rings is 1. The second kappa shape index (κ2) is 3.55. The van der Waals surface area contributed by atoms with E-state index in [1.54, 1.807) is 11.9 Å². The normalized spacial score (nSPS) is 16.1. The van der Waals surface area contributed by atoms with Gasteiger partial charge >= 0.3 is 0 Å². The van der Waals surface area contributed by atoms with Crippen LogP contribution in [0.4, 0.5) is 5.69 Å². The minimum Gasteiger partial charge on any atom is -0.354 e. The number of fused-ring (bicyclic) bond motifs is 1. The van der Waals surface area contributed by atoms with Gasteiger partial charge < -0.3 is 4.90 Å². The highest BCUT2D eigenvalue weighted by Crippen LogP contribution is 2.31. The van der Waals surface area contributed by atoms with E-state index in [0.717, 1.165) is 6.67 Å². The van der Waals surface area contributed by atoms with Crippen LogP contribution in [-0.4, -0.2) is 17.7 Å². The average Bonchev–Trinajstić information content (AvgIpc) is 2.17. The van der Waals surface area contributed by atoms with Crippen molar-refractivity contribution < 1.29 is 0 Å². The molecule has 1 aliphatic rings. The molecular formula is C9H13N3S. The first-order valence-electron chi connectivity index (χ1n) is 4.39. The summed E-state index contributed by atoms with van der Waals surface area (Å²) in [6.45, 7) is 5.29. The lowest BCUT2D eigenvalue weighted by Gasteiger charge is -2.33.